The third-order valence-corrected chi connectivity index (χ3v) is 1.83. The maximum atomic E-state index is 4.34. The minimum atomic E-state index is 0.495. The molecule has 0 aromatic rings. The fourth-order valence-corrected chi connectivity index (χ4v) is 1.27. The van der Waals surface area contributed by atoms with Crippen molar-refractivity contribution in [1.29, 1.82) is 0 Å². The summed E-state index contributed by atoms with van der Waals surface area (Å²) in [7, 11) is 2.00. The van der Waals surface area contributed by atoms with Gasteiger partial charge in [0, 0.05) is 25.2 Å². The SMILES string of the molecule is C=CC1CN(C)N=C1CC. The van der Waals surface area contributed by atoms with Crippen molar-refractivity contribution in [3.63, 3.8) is 0 Å². The van der Waals surface area contributed by atoms with E-state index in [0.29, 0.717) is 5.92 Å². The Hall–Kier alpha value is -0.790. The van der Waals surface area contributed by atoms with Gasteiger partial charge in [-0.3, -0.25) is 5.01 Å². The van der Waals surface area contributed by atoms with Gasteiger partial charge < -0.3 is 0 Å². The van der Waals surface area contributed by atoms with E-state index in [9.17, 15) is 0 Å². The van der Waals surface area contributed by atoms with Crippen molar-refractivity contribution in [2.75, 3.05) is 13.6 Å². The molecule has 10 heavy (non-hydrogen) atoms. The smallest absolute Gasteiger partial charge is 0.0473 e. The molecule has 1 aliphatic rings. The summed E-state index contributed by atoms with van der Waals surface area (Å²) in [4.78, 5) is 0. The Morgan fingerprint density at radius 3 is 3.00 bits per heavy atom. The van der Waals surface area contributed by atoms with Gasteiger partial charge in [-0.1, -0.05) is 13.0 Å². The average molecular weight is 138 g/mol. The van der Waals surface area contributed by atoms with Gasteiger partial charge in [-0.25, -0.2) is 0 Å². The lowest BCUT2D eigenvalue weighted by Crippen LogP contribution is -2.13. The molecule has 0 aromatic carbocycles. The second kappa shape index (κ2) is 2.86. The lowest BCUT2D eigenvalue weighted by molar-refractivity contribution is 0.376. The molecule has 2 heteroatoms. The highest BCUT2D eigenvalue weighted by atomic mass is 15.5. The van der Waals surface area contributed by atoms with Crippen LogP contribution < -0.4 is 0 Å². The summed E-state index contributed by atoms with van der Waals surface area (Å²) in [5.74, 6) is 0.495. The molecule has 0 bridgehead atoms. The Labute approximate surface area is 62.2 Å². The normalized spacial score (nSPS) is 24.8. The molecule has 0 aliphatic carbocycles. The van der Waals surface area contributed by atoms with Gasteiger partial charge in [-0.15, -0.1) is 6.58 Å². The third-order valence-electron chi connectivity index (χ3n) is 1.83. The Morgan fingerprint density at radius 1 is 1.90 bits per heavy atom. The van der Waals surface area contributed by atoms with Crippen LogP contribution in [0.4, 0.5) is 0 Å². The zero-order valence-corrected chi connectivity index (χ0v) is 6.67. The highest BCUT2D eigenvalue weighted by Crippen LogP contribution is 2.14. The molecule has 56 valence electrons. The van der Waals surface area contributed by atoms with Crippen molar-refractivity contribution in [3.05, 3.63) is 12.7 Å². The Balaban J connectivity index is 2.65. The van der Waals surface area contributed by atoms with Gasteiger partial charge >= 0.3 is 0 Å². The molecule has 1 atom stereocenters. The monoisotopic (exact) mass is 138 g/mol. The van der Waals surface area contributed by atoms with Crippen molar-refractivity contribution >= 4 is 5.71 Å². The summed E-state index contributed by atoms with van der Waals surface area (Å²) in [5.41, 5.74) is 1.26. The van der Waals surface area contributed by atoms with E-state index in [1.807, 2.05) is 18.1 Å². The number of hydrogen-bond acceptors (Lipinski definition) is 2. The number of rotatable bonds is 2. The molecule has 0 aromatic heterocycles. The lowest BCUT2D eigenvalue weighted by Gasteiger charge is -2.05. The molecule has 1 rings (SSSR count). The van der Waals surface area contributed by atoms with Gasteiger partial charge in [-0.05, 0) is 6.42 Å². The van der Waals surface area contributed by atoms with Crippen LogP contribution in [0.2, 0.25) is 0 Å². The van der Waals surface area contributed by atoms with Gasteiger partial charge in [0.15, 0.2) is 0 Å². The predicted molar refractivity (Wildman–Crippen MR) is 44.0 cm³/mol. The average Bonchev–Trinajstić information content (AvgIpc) is 2.30. The Kier molecular flexibility index (Phi) is 2.10. The van der Waals surface area contributed by atoms with E-state index in [2.05, 4.69) is 18.6 Å². The van der Waals surface area contributed by atoms with E-state index in [0.717, 1.165) is 13.0 Å². The van der Waals surface area contributed by atoms with Gasteiger partial charge in [0.05, 0.1) is 0 Å². The van der Waals surface area contributed by atoms with E-state index in [1.54, 1.807) is 0 Å². The van der Waals surface area contributed by atoms with Crippen molar-refractivity contribution in [1.82, 2.24) is 5.01 Å². The van der Waals surface area contributed by atoms with E-state index >= 15 is 0 Å². The van der Waals surface area contributed by atoms with Crippen LogP contribution in [0.3, 0.4) is 0 Å². The molecule has 0 radical (unpaired) electrons. The highest BCUT2D eigenvalue weighted by Gasteiger charge is 2.19. The van der Waals surface area contributed by atoms with Crippen LogP contribution in [0.15, 0.2) is 17.8 Å². The minimum Gasteiger partial charge on any atom is -0.299 e. The molecule has 0 saturated heterocycles. The first kappa shape index (κ1) is 7.32. The maximum Gasteiger partial charge on any atom is 0.0473 e. The molecule has 0 saturated carbocycles. The van der Waals surface area contributed by atoms with Crippen LogP contribution in [0.25, 0.3) is 0 Å². The van der Waals surface area contributed by atoms with Crippen LogP contribution in [0, 0.1) is 5.92 Å². The van der Waals surface area contributed by atoms with Gasteiger partial charge in [-0.2, -0.15) is 5.10 Å². The molecular formula is C8H14N2. The molecule has 0 fully saturated rings. The number of hydrogen-bond donors (Lipinski definition) is 0. The molecular weight excluding hydrogens is 124 g/mol. The molecule has 1 unspecified atom stereocenters. The van der Waals surface area contributed by atoms with E-state index in [1.165, 1.54) is 5.71 Å². The molecule has 1 aliphatic heterocycles. The maximum absolute atomic E-state index is 4.34. The second-order valence-electron chi connectivity index (χ2n) is 2.63. The highest BCUT2D eigenvalue weighted by molar-refractivity contribution is 5.89. The largest absolute Gasteiger partial charge is 0.299 e. The van der Waals surface area contributed by atoms with Crippen molar-refractivity contribution in [2.45, 2.75) is 13.3 Å². The topological polar surface area (TPSA) is 15.6 Å². The zero-order chi connectivity index (χ0) is 7.56. The first-order valence-electron chi connectivity index (χ1n) is 3.69. The van der Waals surface area contributed by atoms with E-state index in [4.69, 9.17) is 0 Å². The summed E-state index contributed by atoms with van der Waals surface area (Å²) in [6.07, 6.45) is 3.02. The first-order valence-corrected chi connectivity index (χ1v) is 3.69. The molecule has 1 heterocycles. The van der Waals surface area contributed by atoms with Crippen LogP contribution in [0.1, 0.15) is 13.3 Å². The van der Waals surface area contributed by atoms with Crippen molar-refractivity contribution in [2.24, 2.45) is 11.0 Å². The van der Waals surface area contributed by atoms with Crippen LogP contribution >= 0.6 is 0 Å². The molecule has 0 spiro atoms. The lowest BCUT2D eigenvalue weighted by atomic mass is 10.0. The van der Waals surface area contributed by atoms with Crippen LogP contribution in [-0.2, 0) is 0 Å². The number of hydrazone groups is 1. The zero-order valence-electron chi connectivity index (χ0n) is 6.67. The summed E-state index contributed by atoms with van der Waals surface area (Å²) in [6.45, 7) is 6.91. The van der Waals surface area contributed by atoms with E-state index in [-0.39, 0.29) is 0 Å². The predicted octanol–water partition coefficient (Wildman–Crippen LogP) is 1.50. The fourth-order valence-electron chi connectivity index (χ4n) is 1.27. The molecule has 0 amide bonds. The Morgan fingerprint density at radius 2 is 2.60 bits per heavy atom. The summed E-state index contributed by atoms with van der Waals surface area (Å²) in [6, 6.07) is 0. The standard InChI is InChI=1S/C8H14N2/c1-4-7-6-10(3)9-8(7)5-2/h4,7H,1,5-6H2,2-3H3. The second-order valence-corrected chi connectivity index (χ2v) is 2.63. The fraction of sp³-hybridized carbons (Fsp3) is 0.625. The van der Waals surface area contributed by atoms with E-state index < -0.39 is 0 Å². The summed E-state index contributed by atoms with van der Waals surface area (Å²) < 4.78 is 0. The third kappa shape index (κ3) is 1.20. The van der Waals surface area contributed by atoms with Gasteiger partial charge in [0.1, 0.15) is 0 Å². The first-order chi connectivity index (χ1) is 4.77. The number of nitrogens with zero attached hydrogens (tertiary/aromatic N) is 2. The van der Waals surface area contributed by atoms with Gasteiger partial charge in [0.2, 0.25) is 0 Å². The van der Waals surface area contributed by atoms with Crippen LogP contribution in [0.5, 0.6) is 0 Å². The molecule has 2 nitrogen and oxygen atoms in total. The summed E-state index contributed by atoms with van der Waals surface area (Å²) >= 11 is 0. The molecule has 0 N–H and O–H groups in total. The quantitative estimate of drug-likeness (QED) is 0.528. The Bertz CT molecular complexity index is 161. The van der Waals surface area contributed by atoms with Crippen molar-refractivity contribution in [3.8, 4) is 0 Å². The van der Waals surface area contributed by atoms with Gasteiger partial charge in [0.25, 0.3) is 0 Å². The van der Waals surface area contributed by atoms with Crippen LogP contribution in [-0.4, -0.2) is 24.3 Å². The minimum absolute atomic E-state index is 0.495. The summed E-state index contributed by atoms with van der Waals surface area (Å²) in [5, 5.41) is 6.32. The van der Waals surface area contributed by atoms with Crippen molar-refractivity contribution < 1.29 is 0 Å².